The number of sulfonamides is 1. The van der Waals surface area contributed by atoms with Crippen LogP contribution in [0.25, 0.3) is 0 Å². The molecule has 0 aromatic heterocycles. The fraction of sp³-hybridized carbons (Fsp3) is 0.350. The van der Waals surface area contributed by atoms with Crippen molar-refractivity contribution in [2.45, 2.75) is 25.4 Å². The van der Waals surface area contributed by atoms with Gasteiger partial charge in [-0.05, 0) is 42.7 Å². The zero-order valence-electron chi connectivity index (χ0n) is 15.6. The minimum absolute atomic E-state index is 0.193. The zero-order chi connectivity index (χ0) is 20.1. The van der Waals surface area contributed by atoms with Gasteiger partial charge >= 0.3 is 0 Å². The minimum atomic E-state index is -3.45. The van der Waals surface area contributed by atoms with E-state index in [2.05, 4.69) is 5.32 Å². The van der Waals surface area contributed by atoms with Gasteiger partial charge in [0.1, 0.15) is 5.75 Å². The number of halogens is 1. The van der Waals surface area contributed by atoms with E-state index in [4.69, 9.17) is 16.3 Å². The molecule has 1 aliphatic heterocycles. The lowest BCUT2D eigenvalue weighted by molar-refractivity contribution is -0.128. The molecule has 2 aromatic rings. The smallest absolute Gasteiger partial charge is 0.261 e. The maximum Gasteiger partial charge on any atom is 0.261 e. The Morgan fingerprint density at radius 1 is 1.21 bits per heavy atom. The van der Waals surface area contributed by atoms with Gasteiger partial charge in [0.2, 0.25) is 10.0 Å². The number of anilines is 1. The predicted octanol–water partition coefficient (Wildman–Crippen LogP) is 3.01. The van der Waals surface area contributed by atoms with Crippen molar-refractivity contribution in [3.63, 3.8) is 0 Å². The van der Waals surface area contributed by atoms with Crippen molar-refractivity contribution in [3.05, 3.63) is 59.1 Å². The quantitative estimate of drug-likeness (QED) is 0.726. The zero-order valence-corrected chi connectivity index (χ0v) is 17.2. The van der Waals surface area contributed by atoms with E-state index in [0.717, 1.165) is 24.7 Å². The summed E-state index contributed by atoms with van der Waals surface area (Å²) in [6, 6.07) is 14.5. The summed E-state index contributed by atoms with van der Waals surface area (Å²) in [7, 11) is -3.45. The van der Waals surface area contributed by atoms with E-state index in [1.165, 1.54) is 4.31 Å². The molecule has 0 radical (unpaired) electrons. The number of rotatable bonds is 6. The highest BCUT2D eigenvalue weighted by molar-refractivity contribution is 7.92. The van der Waals surface area contributed by atoms with E-state index in [0.29, 0.717) is 23.0 Å². The number of carbonyl (C=O) groups is 1. The molecule has 0 fully saturated rings. The lowest BCUT2D eigenvalue weighted by Crippen LogP contribution is -2.40. The van der Waals surface area contributed by atoms with Crippen LogP contribution in [0, 0.1) is 0 Å². The molecule has 3 rings (SSSR count). The maximum atomic E-state index is 12.6. The SMILES string of the molecule is CS(=O)(=O)N1CC[C@H](C(=O)NCCCc2ccc(Cl)cc2)Oc2ccccc21. The summed E-state index contributed by atoms with van der Waals surface area (Å²) in [6.45, 7) is 0.706. The molecule has 8 heteroatoms. The third-order valence-electron chi connectivity index (χ3n) is 4.55. The summed E-state index contributed by atoms with van der Waals surface area (Å²) in [5.74, 6) is 0.160. The van der Waals surface area contributed by atoms with Gasteiger partial charge in [0.05, 0.1) is 11.9 Å². The number of fused-ring (bicyclic) bond motifs is 1. The van der Waals surface area contributed by atoms with E-state index in [1.54, 1.807) is 24.3 Å². The van der Waals surface area contributed by atoms with Crippen LogP contribution in [0.5, 0.6) is 5.75 Å². The Bertz CT molecular complexity index is 931. The van der Waals surface area contributed by atoms with Crippen LogP contribution in [0.3, 0.4) is 0 Å². The van der Waals surface area contributed by atoms with Gasteiger partial charge in [-0.15, -0.1) is 0 Å². The first-order valence-electron chi connectivity index (χ1n) is 9.10. The maximum absolute atomic E-state index is 12.6. The fourth-order valence-electron chi connectivity index (χ4n) is 3.13. The van der Waals surface area contributed by atoms with E-state index >= 15 is 0 Å². The van der Waals surface area contributed by atoms with Crippen molar-refractivity contribution < 1.29 is 17.9 Å². The van der Waals surface area contributed by atoms with Crippen molar-refractivity contribution >= 4 is 33.2 Å². The lowest BCUT2D eigenvalue weighted by Gasteiger charge is -2.20. The summed E-state index contributed by atoms with van der Waals surface area (Å²) >= 11 is 5.88. The first-order valence-corrected chi connectivity index (χ1v) is 11.3. The molecular formula is C20H23ClN2O4S. The van der Waals surface area contributed by atoms with Crippen LogP contribution in [0.4, 0.5) is 5.69 Å². The number of nitrogens with zero attached hydrogens (tertiary/aromatic N) is 1. The molecule has 1 N–H and O–H groups in total. The van der Waals surface area contributed by atoms with Gasteiger partial charge < -0.3 is 10.1 Å². The van der Waals surface area contributed by atoms with E-state index < -0.39 is 16.1 Å². The molecule has 0 aliphatic carbocycles. The van der Waals surface area contributed by atoms with Crippen molar-refractivity contribution in [1.82, 2.24) is 5.32 Å². The summed E-state index contributed by atoms with van der Waals surface area (Å²) in [4.78, 5) is 12.6. The number of aryl methyl sites for hydroxylation is 1. The van der Waals surface area contributed by atoms with Gasteiger partial charge in [-0.3, -0.25) is 9.10 Å². The second kappa shape index (κ2) is 8.84. The Labute approximate surface area is 170 Å². The second-order valence-electron chi connectivity index (χ2n) is 6.72. The van der Waals surface area contributed by atoms with Gasteiger partial charge in [-0.25, -0.2) is 8.42 Å². The number of benzene rings is 2. The standard InChI is InChI=1S/C20H23ClN2O4S/c1-28(25,26)23-14-12-19(27-18-7-3-2-6-17(18)23)20(24)22-13-4-5-15-8-10-16(21)11-9-15/h2-3,6-11,19H,4-5,12-14H2,1H3,(H,22,24)/t19-/m1/s1. The molecule has 28 heavy (non-hydrogen) atoms. The van der Waals surface area contributed by atoms with Gasteiger partial charge in [0, 0.05) is 24.5 Å². The third kappa shape index (κ3) is 5.17. The lowest BCUT2D eigenvalue weighted by atomic mass is 10.1. The summed E-state index contributed by atoms with van der Waals surface area (Å²) < 4.78 is 31.3. The van der Waals surface area contributed by atoms with Gasteiger partial charge in [0.25, 0.3) is 5.91 Å². The third-order valence-corrected chi connectivity index (χ3v) is 5.98. The number of ether oxygens (including phenoxy) is 1. The molecule has 0 saturated heterocycles. The number of nitrogens with one attached hydrogen (secondary N) is 1. The number of carbonyl (C=O) groups excluding carboxylic acids is 1. The van der Waals surface area contributed by atoms with Crippen LogP contribution in [0.1, 0.15) is 18.4 Å². The van der Waals surface area contributed by atoms with E-state index in [-0.39, 0.29) is 18.9 Å². The number of hydrogen-bond donors (Lipinski definition) is 1. The normalized spacial score (nSPS) is 16.6. The number of hydrogen-bond acceptors (Lipinski definition) is 4. The molecule has 2 aromatic carbocycles. The monoisotopic (exact) mass is 422 g/mol. The molecule has 0 unspecified atom stereocenters. The topological polar surface area (TPSA) is 75.7 Å². The Morgan fingerprint density at radius 2 is 1.93 bits per heavy atom. The Kier molecular flexibility index (Phi) is 6.46. The van der Waals surface area contributed by atoms with Crippen molar-refractivity contribution in [3.8, 4) is 5.75 Å². The van der Waals surface area contributed by atoms with Crippen molar-refractivity contribution in [1.29, 1.82) is 0 Å². The van der Waals surface area contributed by atoms with Gasteiger partial charge in [0.15, 0.2) is 6.10 Å². The van der Waals surface area contributed by atoms with Gasteiger partial charge in [-0.2, -0.15) is 0 Å². The Hall–Kier alpha value is -2.25. The highest BCUT2D eigenvalue weighted by Gasteiger charge is 2.30. The molecule has 0 bridgehead atoms. The predicted molar refractivity (Wildman–Crippen MR) is 110 cm³/mol. The van der Waals surface area contributed by atoms with Crippen LogP contribution in [0.15, 0.2) is 48.5 Å². The molecule has 150 valence electrons. The van der Waals surface area contributed by atoms with E-state index in [9.17, 15) is 13.2 Å². The molecule has 0 spiro atoms. The number of para-hydroxylation sites is 2. The minimum Gasteiger partial charge on any atom is -0.478 e. The summed E-state index contributed by atoms with van der Waals surface area (Å²) in [6.07, 6.45) is 2.31. The fourth-order valence-corrected chi connectivity index (χ4v) is 4.20. The molecule has 1 heterocycles. The summed E-state index contributed by atoms with van der Waals surface area (Å²) in [5.41, 5.74) is 1.62. The van der Waals surface area contributed by atoms with Crippen molar-refractivity contribution in [2.75, 3.05) is 23.7 Å². The molecule has 1 amide bonds. The van der Waals surface area contributed by atoms with Crippen LogP contribution in [0.2, 0.25) is 5.02 Å². The largest absolute Gasteiger partial charge is 0.478 e. The van der Waals surface area contributed by atoms with Crippen molar-refractivity contribution in [2.24, 2.45) is 0 Å². The summed E-state index contributed by atoms with van der Waals surface area (Å²) in [5, 5.41) is 3.59. The second-order valence-corrected chi connectivity index (χ2v) is 9.06. The average molecular weight is 423 g/mol. The molecule has 0 saturated carbocycles. The van der Waals surface area contributed by atoms with Crippen LogP contribution >= 0.6 is 11.6 Å². The first-order chi connectivity index (χ1) is 13.3. The highest BCUT2D eigenvalue weighted by atomic mass is 35.5. The van der Waals surface area contributed by atoms with Gasteiger partial charge in [-0.1, -0.05) is 35.9 Å². The number of amides is 1. The Balaban J connectivity index is 1.58. The highest BCUT2D eigenvalue weighted by Crippen LogP contribution is 2.33. The molecule has 1 atom stereocenters. The molecule has 1 aliphatic rings. The first kappa shape index (κ1) is 20.5. The van der Waals surface area contributed by atoms with E-state index in [1.807, 2.05) is 24.3 Å². The molecule has 6 nitrogen and oxygen atoms in total. The van der Waals surface area contributed by atoms with Crippen LogP contribution in [-0.4, -0.2) is 39.8 Å². The molecular weight excluding hydrogens is 400 g/mol. The van der Waals surface area contributed by atoms with Crippen LogP contribution in [-0.2, 0) is 21.2 Å². The van der Waals surface area contributed by atoms with Crippen LogP contribution < -0.4 is 14.4 Å². The average Bonchev–Trinajstić information content (AvgIpc) is 2.86. The Morgan fingerprint density at radius 3 is 2.64 bits per heavy atom.